The van der Waals surface area contributed by atoms with Gasteiger partial charge in [-0.3, -0.25) is 9.89 Å². The fourth-order valence-corrected chi connectivity index (χ4v) is 1.69. The van der Waals surface area contributed by atoms with E-state index in [0.717, 1.165) is 25.2 Å². The number of carbonyl (C=O) groups is 1. The summed E-state index contributed by atoms with van der Waals surface area (Å²) in [6, 6.07) is 0. The molecule has 0 fully saturated rings. The predicted octanol–water partition coefficient (Wildman–Crippen LogP) is 1.51. The van der Waals surface area contributed by atoms with E-state index in [1.807, 2.05) is 11.8 Å². The van der Waals surface area contributed by atoms with E-state index in [2.05, 4.69) is 23.2 Å². The predicted molar refractivity (Wildman–Crippen MR) is 57.6 cm³/mol. The van der Waals surface area contributed by atoms with Gasteiger partial charge in [0.2, 0.25) is 0 Å². The third kappa shape index (κ3) is 1.93. The molecule has 1 aliphatic heterocycles. The van der Waals surface area contributed by atoms with Crippen LogP contribution >= 0.6 is 0 Å². The van der Waals surface area contributed by atoms with E-state index in [-0.39, 0.29) is 5.91 Å². The molecule has 0 saturated carbocycles. The van der Waals surface area contributed by atoms with Crippen LogP contribution in [0.15, 0.2) is 17.8 Å². The first-order valence-electron chi connectivity index (χ1n) is 5.13. The van der Waals surface area contributed by atoms with Gasteiger partial charge >= 0.3 is 0 Å². The fraction of sp³-hybridized carbons (Fsp3) is 0.455. The van der Waals surface area contributed by atoms with Gasteiger partial charge in [0.15, 0.2) is 0 Å². The molecule has 2 heterocycles. The fourth-order valence-electron chi connectivity index (χ4n) is 1.69. The summed E-state index contributed by atoms with van der Waals surface area (Å²) in [4.78, 5) is 13.9. The lowest BCUT2D eigenvalue weighted by Gasteiger charge is -2.25. The van der Waals surface area contributed by atoms with Crippen molar-refractivity contribution in [3.8, 4) is 0 Å². The first kappa shape index (κ1) is 9.96. The summed E-state index contributed by atoms with van der Waals surface area (Å²) in [6.45, 7) is 5.50. The van der Waals surface area contributed by atoms with Gasteiger partial charge < -0.3 is 4.90 Å². The highest BCUT2D eigenvalue weighted by molar-refractivity contribution is 5.95. The summed E-state index contributed by atoms with van der Waals surface area (Å²) >= 11 is 0. The molecular weight excluding hydrogens is 190 g/mol. The normalized spacial score (nSPS) is 16.4. The molecule has 0 atom stereocenters. The average Bonchev–Trinajstić information content (AvgIpc) is 2.65. The molecule has 4 heteroatoms. The third-order valence-electron chi connectivity index (χ3n) is 2.78. The van der Waals surface area contributed by atoms with E-state index in [0.29, 0.717) is 5.56 Å². The summed E-state index contributed by atoms with van der Waals surface area (Å²) in [5, 5.41) is 6.65. The van der Waals surface area contributed by atoms with Crippen LogP contribution < -0.4 is 0 Å². The van der Waals surface area contributed by atoms with Gasteiger partial charge in [-0.15, -0.1) is 0 Å². The molecule has 0 bridgehead atoms. The van der Waals surface area contributed by atoms with Gasteiger partial charge in [-0.2, -0.15) is 5.10 Å². The van der Waals surface area contributed by atoms with Crippen molar-refractivity contribution in [2.24, 2.45) is 0 Å². The number of hydrogen-bond acceptors (Lipinski definition) is 2. The minimum Gasteiger partial charge on any atom is -0.334 e. The van der Waals surface area contributed by atoms with Crippen molar-refractivity contribution < 1.29 is 4.79 Å². The number of rotatable bonds is 1. The van der Waals surface area contributed by atoms with Crippen molar-refractivity contribution in [2.45, 2.75) is 20.3 Å². The minimum atomic E-state index is 0.0741. The second-order valence-electron chi connectivity index (χ2n) is 3.96. The second kappa shape index (κ2) is 3.88. The highest BCUT2D eigenvalue weighted by atomic mass is 16.2. The first-order valence-corrected chi connectivity index (χ1v) is 5.13. The van der Waals surface area contributed by atoms with Crippen LogP contribution in [0.25, 0.3) is 0 Å². The van der Waals surface area contributed by atoms with Crippen molar-refractivity contribution in [3.63, 3.8) is 0 Å². The standard InChI is InChI=1S/C11H15N3O/c1-8-3-5-14(6-4-8)11(15)10-7-12-13-9(10)2/h3,7H,4-6H2,1-2H3,(H,12,13). The Morgan fingerprint density at radius 1 is 1.53 bits per heavy atom. The minimum absolute atomic E-state index is 0.0741. The van der Waals surface area contributed by atoms with Crippen LogP contribution in [0.3, 0.4) is 0 Å². The molecule has 2 rings (SSSR count). The SMILES string of the molecule is CC1=CCN(C(=O)c2cn[nH]c2C)CC1. The summed E-state index contributed by atoms with van der Waals surface area (Å²) in [5.41, 5.74) is 2.89. The zero-order valence-electron chi connectivity index (χ0n) is 9.08. The lowest BCUT2D eigenvalue weighted by molar-refractivity contribution is 0.0768. The Kier molecular flexibility index (Phi) is 2.58. The van der Waals surface area contributed by atoms with Crippen LogP contribution in [-0.4, -0.2) is 34.1 Å². The Morgan fingerprint density at radius 2 is 2.33 bits per heavy atom. The molecule has 80 valence electrons. The van der Waals surface area contributed by atoms with Gasteiger partial charge in [-0.1, -0.05) is 11.6 Å². The van der Waals surface area contributed by atoms with E-state index >= 15 is 0 Å². The van der Waals surface area contributed by atoms with E-state index in [4.69, 9.17) is 0 Å². The van der Waals surface area contributed by atoms with Crippen molar-refractivity contribution in [2.75, 3.05) is 13.1 Å². The van der Waals surface area contributed by atoms with Crippen molar-refractivity contribution in [1.29, 1.82) is 0 Å². The number of H-pyrrole nitrogens is 1. The molecule has 1 amide bonds. The third-order valence-corrected chi connectivity index (χ3v) is 2.78. The van der Waals surface area contributed by atoms with Gasteiger partial charge in [-0.05, 0) is 20.3 Å². The number of aryl methyl sites for hydroxylation is 1. The van der Waals surface area contributed by atoms with Crippen molar-refractivity contribution in [3.05, 3.63) is 29.1 Å². The average molecular weight is 205 g/mol. The Bertz CT molecular complexity index is 406. The Labute approximate surface area is 89.0 Å². The summed E-state index contributed by atoms with van der Waals surface area (Å²) in [6.07, 6.45) is 4.68. The number of nitrogens with zero attached hydrogens (tertiary/aromatic N) is 2. The van der Waals surface area contributed by atoms with E-state index in [1.165, 1.54) is 5.57 Å². The van der Waals surface area contributed by atoms with Crippen molar-refractivity contribution >= 4 is 5.91 Å². The van der Waals surface area contributed by atoms with Crippen LogP contribution in [0, 0.1) is 6.92 Å². The van der Waals surface area contributed by atoms with E-state index < -0.39 is 0 Å². The first-order chi connectivity index (χ1) is 7.18. The lowest BCUT2D eigenvalue weighted by atomic mass is 10.1. The van der Waals surface area contributed by atoms with Crippen LogP contribution in [-0.2, 0) is 0 Å². The molecule has 0 aliphatic carbocycles. The van der Waals surface area contributed by atoms with Gasteiger partial charge in [0.1, 0.15) is 0 Å². The zero-order chi connectivity index (χ0) is 10.8. The number of amides is 1. The molecule has 0 radical (unpaired) electrons. The monoisotopic (exact) mass is 205 g/mol. The maximum Gasteiger partial charge on any atom is 0.257 e. The van der Waals surface area contributed by atoms with Crippen LogP contribution in [0.4, 0.5) is 0 Å². The van der Waals surface area contributed by atoms with Gasteiger partial charge in [0.25, 0.3) is 5.91 Å². The molecule has 1 aromatic rings. The molecule has 15 heavy (non-hydrogen) atoms. The topological polar surface area (TPSA) is 49.0 Å². The van der Waals surface area contributed by atoms with Crippen molar-refractivity contribution in [1.82, 2.24) is 15.1 Å². The Hall–Kier alpha value is -1.58. The van der Waals surface area contributed by atoms with Gasteiger partial charge in [-0.25, -0.2) is 0 Å². The van der Waals surface area contributed by atoms with Gasteiger partial charge in [0, 0.05) is 18.8 Å². The number of nitrogens with one attached hydrogen (secondary N) is 1. The smallest absolute Gasteiger partial charge is 0.257 e. The summed E-state index contributed by atoms with van der Waals surface area (Å²) < 4.78 is 0. The maximum atomic E-state index is 12.0. The van der Waals surface area contributed by atoms with Crippen LogP contribution in [0.2, 0.25) is 0 Å². The molecule has 4 nitrogen and oxygen atoms in total. The largest absolute Gasteiger partial charge is 0.334 e. The number of aromatic amines is 1. The molecule has 1 N–H and O–H groups in total. The number of hydrogen-bond donors (Lipinski definition) is 1. The van der Waals surface area contributed by atoms with Gasteiger partial charge in [0.05, 0.1) is 11.8 Å². The molecule has 1 aliphatic rings. The highest BCUT2D eigenvalue weighted by Crippen LogP contribution is 2.14. The molecule has 1 aromatic heterocycles. The van der Waals surface area contributed by atoms with Crippen LogP contribution in [0.5, 0.6) is 0 Å². The van der Waals surface area contributed by atoms with E-state index in [9.17, 15) is 4.79 Å². The number of carbonyl (C=O) groups excluding carboxylic acids is 1. The highest BCUT2D eigenvalue weighted by Gasteiger charge is 2.19. The molecule has 0 spiro atoms. The Balaban J connectivity index is 2.13. The van der Waals surface area contributed by atoms with E-state index in [1.54, 1.807) is 6.20 Å². The maximum absolute atomic E-state index is 12.0. The summed E-state index contributed by atoms with van der Waals surface area (Å²) in [5.74, 6) is 0.0741. The van der Waals surface area contributed by atoms with Crippen LogP contribution in [0.1, 0.15) is 29.4 Å². The Morgan fingerprint density at radius 3 is 2.87 bits per heavy atom. The molecule has 0 unspecified atom stereocenters. The zero-order valence-corrected chi connectivity index (χ0v) is 9.08. The lowest BCUT2D eigenvalue weighted by Crippen LogP contribution is -2.34. The molecular formula is C11H15N3O. The molecule has 0 aromatic carbocycles. The number of aromatic nitrogens is 2. The summed E-state index contributed by atoms with van der Waals surface area (Å²) in [7, 11) is 0. The second-order valence-corrected chi connectivity index (χ2v) is 3.96. The molecule has 0 saturated heterocycles. The quantitative estimate of drug-likeness (QED) is 0.706.